The molecule has 3 aromatic heterocycles. The molecule has 0 saturated carbocycles. The second-order valence-corrected chi connectivity index (χ2v) is 8.79. The van der Waals surface area contributed by atoms with E-state index in [1.54, 1.807) is 22.2 Å². The molecule has 6 nitrogen and oxygen atoms in total. The van der Waals surface area contributed by atoms with Crippen molar-refractivity contribution in [2.75, 3.05) is 6.54 Å². The lowest BCUT2D eigenvalue weighted by Gasteiger charge is -2.32. The van der Waals surface area contributed by atoms with Crippen molar-refractivity contribution < 1.29 is 4.79 Å². The van der Waals surface area contributed by atoms with Crippen LogP contribution in [-0.4, -0.2) is 43.0 Å². The van der Waals surface area contributed by atoms with Crippen LogP contribution >= 0.6 is 11.3 Å². The second kappa shape index (κ2) is 6.01. The van der Waals surface area contributed by atoms with Crippen molar-refractivity contribution in [3.05, 3.63) is 22.6 Å². The number of aryl methyl sites for hydroxylation is 1. The van der Waals surface area contributed by atoms with Gasteiger partial charge in [0.15, 0.2) is 5.65 Å². The molecule has 0 spiro atoms. The summed E-state index contributed by atoms with van der Waals surface area (Å²) in [6, 6.07) is 0.259. The lowest BCUT2D eigenvalue weighted by Crippen LogP contribution is -2.42. The predicted molar refractivity (Wildman–Crippen MR) is 102 cm³/mol. The smallest absolute Gasteiger partial charge is 0.293 e. The lowest BCUT2D eigenvalue weighted by molar-refractivity contribution is 0.0623. The summed E-state index contributed by atoms with van der Waals surface area (Å²) in [5.74, 6) is 0.765. The Hall–Kier alpha value is -2.02. The van der Waals surface area contributed by atoms with E-state index < -0.39 is 0 Å². The zero-order chi connectivity index (χ0) is 17.8. The van der Waals surface area contributed by atoms with Gasteiger partial charge in [0.2, 0.25) is 5.82 Å². The van der Waals surface area contributed by atoms with Crippen LogP contribution in [0.5, 0.6) is 0 Å². The molecule has 0 radical (unpaired) electrons. The summed E-state index contributed by atoms with van der Waals surface area (Å²) in [6.07, 6.45) is 8.57. The average molecular weight is 369 g/mol. The molecule has 7 heteroatoms. The fourth-order valence-electron chi connectivity index (χ4n) is 4.50. The maximum absolute atomic E-state index is 13.0. The number of rotatable bonds is 1. The van der Waals surface area contributed by atoms with E-state index in [2.05, 4.69) is 23.9 Å². The molecule has 1 amide bonds. The van der Waals surface area contributed by atoms with Crippen molar-refractivity contribution in [1.82, 2.24) is 24.5 Å². The normalized spacial score (nSPS) is 23.5. The molecule has 136 valence electrons. The largest absolute Gasteiger partial charge is 0.333 e. The van der Waals surface area contributed by atoms with E-state index in [9.17, 15) is 4.79 Å². The van der Waals surface area contributed by atoms with Crippen LogP contribution in [0.4, 0.5) is 0 Å². The van der Waals surface area contributed by atoms with Crippen LogP contribution in [0.2, 0.25) is 0 Å². The van der Waals surface area contributed by atoms with E-state index in [1.807, 2.05) is 4.90 Å². The summed E-state index contributed by atoms with van der Waals surface area (Å²) in [6.45, 7) is 5.20. The highest BCUT2D eigenvalue weighted by Crippen LogP contribution is 2.42. The molecule has 0 bridgehead atoms. The summed E-state index contributed by atoms with van der Waals surface area (Å²) in [7, 11) is 0. The van der Waals surface area contributed by atoms with Crippen LogP contribution < -0.4 is 0 Å². The van der Waals surface area contributed by atoms with Gasteiger partial charge in [0.25, 0.3) is 5.91 Å². The number of piperidine rings is 1. The molecular weight excluding hydrogens is 346 g/mol. The molecule has 0 aromatic carbocycles. The lowest BCUT2D eigenvalue weighted by atomic mass is 9.87. The molecule has 2 aliphatic rings. The first-order valence-electron chi connectivity index (χ1n) is 9.61. The number of aromatic nitrogens is 4. The summed E-state index contributed by atoms with van der Waals surface area (Å²) >= 11 is 1.78. The van der Waals surface area contributed by atoms with E-state index in [4.69, 9.17) is 4.98 Å². The fraction of sp³-hybridized carbons (Fsp3) is 0.579. The van der Waals surface area contributed by atoms with Crippen LogP contribution in [0.25, 0.3) is 15.9 Å². The average Bonchev–Trinajstić information content (AvgIpc) is 3.23. The third kappa shape index (κ3) is 2.36. The third-order valence-corrected chi connectivity index (χ3v) is 7.10. The number of thiophene rings is 1. The molecule has 1 aliphatic carbocycles. The Morgan fingerprint density at radius 2 is 2.12 bits per heavy atom. The predicted octanol–water partition coefficient (Wildman–Crippen LogP) is 3.79. The van der Waals surface area contributed by atoms with E-state index in [0.29, 0.717) is 11.7 Å². The van der Waals surface area contributed by atoms with Gasteiger partial charge in [0.1, 0.15) is 11.2 Å². The molecule has 1 saturated heterocycles. The van der Waals surface area contributed by atoms with E-state index in [0.717, 1.165) is 41.7 Å². The van der Waals surface area contributed by atoms with Gasteiger partial charge < -0.3 is 4.90 Å². The van der Waals surface area contributed by atoms with Crippen molar-refractivity contribution in [2.45, 2.75) is 64.3 Å². The van der Waals surface area contributed by atoms with Crippen LogP contribution in [0.1, 0.15) is 72.9 Å². The van der Waals surface area contributed by atoms with Crippen molar-refractivity contribution in [3.63, 3.8) is 0 Å². The number of carbonyl (C=O) groups is 1. The monoisotopic (exact) mass is 369 g/mol. The van der Waals surface area contributed by atoms with E-state index >= 15 is 0 Å². The van der Waals surface area contributed by atoms with Gasteiger partial charge in [-0.05, 0) is 56.9 Å². The van der Waals surface area contributed by atoms with Gasteiger partial charge >= 0.3 is 0 Å². The highest BCUT2D eigenvalue weighted by atomic mass is 32.1. The molecule has 1 aliphatic heterocycles. The molecule has 0 N–H and O–H groups in total. The minimum Gasteiger partial charge on any atom is -0.333 e. The van der Waals surface area contributed by atoms with Crippen LogP contribution in [-0.2, 0) is 6.42 Å². The van der Waals surface area contributed by atoms with Crippen molar-refractivity contribution in [3.8, 4) is 0 Å². The summed E-state index contributed by atoms with van der Waals surface area (Å²) in [5.41, 5.74) is 2.17. The molecule has 1 fully saturated rings. The van der Waals surface area contributed by atoms with Gasteiger partial charge in [-0.2, -0.15) is 0 Å². The van der Waals surface area contributed by atoms with E-state index in [1.165, 1.54) is 29.7 Å². The van der Waals surface area contributed by atoms with Gasteiger partial charge in [-0.15, -0.1) is 16.4 Å². The van der Waals surface area contributed by atoms with Gasteiger partial charge in [-0.25, -0.2) is 14.5 Å². The topological polar surface area (TPSA) is 63.4 Å². The zero-order valence-corrected chi connectivity index (χ0v) is 16.1. The Morgan fingerprint density at radius 1 is 1.23 bits per heavy atom. The minimum atomic E-state index is -0.0498. The Balaban J connectivity index is 1.64. The van der Waals surface area contributed by atoms with Crippen molar-refractivity contribution in [1.29, 1.82) is 0 Å². The number of hydrogen-bond acceptors (Lipinski definition) is 5. The summed E-state index contributed by atoms with van der Waals surface area (Å²) < 4.78 is 1.69. The molecule has 3 aromatic rings. The Kier molecular flexibility index (Phi) is 3.74. The maximum atomic E-state index is 13.0. The van der Waals surface area contributed by atoms with E-state index in [-0.39, 0.29) is 11.9 Å². The number of nitrogens with zero attached hydrogens (tertiary/aromatic N) is 5. The first-order valence-corrected chi connectivity index (χ1v) is 10.4. The Bertz CT molecular complexity index is 1010. The number of hydrogen-bond donors (Lipinski definition) is 0. The summed E-state index contributed by atoms with van der Waals surface area (Å²) in [5, 5.41) is 5.59. The zero-order valence-electron chi connectivity index (χ0n) is 15.2. The van der Waals surface area contributed by atoms with Crippen LogP contribution in [0.15, 0.2) is 6.33 Å². The van der Waals surface area contributed by atoms with Crippen molar-refractivity contribution >= 4 is 33.1 Å². The molecule has 4 heterocycles. The van der Waals surface area contributed by atoms with Gasteiger partial charge in [-0.3, -0.25) is 4.79 Å². The Labute approximate surface area is 156 Å². The van der Waals surface area contributed by atoms with Crippen LogP contribution in [0.3, 0.4) is 0 Å². The molecular formula is C19H23N5OS. The van der Waals surface area contributed by atoms with Crippen molar-refractivity contribution in [2.24, 2.45) is 0 Å². The highest BCUT2D eigenvalue weighted by molar-refractivity contribution is 7.19. The number of carbonyl (C=O) groups excluding carboxylic acids is 1. The second-order valence-electron chi connectivity index (χ2n) is 7.70. The quantitative estimate of drug-likeness (QED) is 0.655. The van der Waals surface area contributed by atoms with Gasteiger partial charge in [0.05, 0.1) is 5.39 Å². The summed E-state index contributed by atoms with van der Waals surface area (Å²) in [4.78, 5) is 26.7. The SMILES string of the molecule is C[C@@H]1CCCc2sc3ncn4nc(C(=O)N5CCCC[C@H]5C)nc4c3c21. The standard InChI is InChI=1S/C19H23N5OS/c1-11-6-5-8-13-14(11)15-17-21-16(22-24(17)10-20-18(15)26-13)19(25)23-9-4-3-7-12(23)2/h10-12H,3-9H2,1-2H3/t11-,12-/m1/s1. The molecule has 26 heavy (non-hydrogen) atoms. The van der Waals surface area contributed by atoms with Crippen LogP contribution in [0, 0.1) is 0 Å². The first-order chi connectivity index (χ1) is 12.6. The van der Waals surface area contributed by atoms with Gasteiger partial charge in [0, 0.05) is 17.5 Å². The molecule has 0 unspecified atom stereocenters. The third-order valence-electron chi connectivity index (χ3n) is 5.93. The molecule has 5 rings (SSSR count). The fourth-order valence-corrected chi connectivity index (χ4v) is 5.80. The molecule has 2 atom stereocenters. The number of fused-ring (bicyclic) bond motifs is 5. The van der Waals surface area contributed by atoms with Gasteiger partial charge in [-0.1, -0.05) is 6.92 Å². The minimum absolute atomic E-state index is 0.0498. The Morgan fingerprint density at radius 3 is 2.96 bits per heavy atom. The maximum Gasteiger partial charge on any atom is 0.293 e. The first kappa shape index (κ1) is 16.2. The number of amides is 1. The number of likely N-dealkylation sites (tertiary alicyclic amines) is 1. The highest BCUT2D eigenvalue weighted by Gasteiger charge is 2.29.